The van der Waals surface area contributed by atoms with E-state index in [1.807, 2.05) is 13.8 Å². The smallest absolute Gasteiger partial charge is 0.244 e. The SMILES string of the molecule is COc1ccc(OC)c(N(CC(=O)N(Cc2ccccc2Cl)[C@@H](C)C(=O)NC(C)C)S(C)(=O)=O)c1. The molecule has 2 aromatic rings. The van der Waals surface area contributed by atoms with Crippen molar-refractivity contribution in [2.24, 2.45) is 0 Å². The number of amides is 2. The third-order valence-electron chi connectivity index (χ3n) is 5.23. The van der Waals surface area contributed by atoms with Crippen LogP contribution in [0, 0.1) is 0 Å². The highest BCUT2D eigenvalue weighted by atomic mass is 35.5. The zero-order chi connectivity index (χ0) is 26.3. The van der Waals surface area contributed by atoms with E-state index < -0.39 is 28.5 Å². The summed E-state index contributed by atoms with van der Waals surface area (Å²) in [6, 6.07) is 10.6. The molecule has 1 atom stereocenters. The standard InChI is InChI=1S/C24H32ClN3O6S/c1-16(2)26-24(30)17(3)27(14-18-9-7-8-10-20(18)25)23(29)15-28(35(6,31)32)21-13-19(33-4)11-12-22(21)34-5/h7-13,16-17H,14-15H2,1-6H3,(H,26,30)/t17-/m0/s1. The second kappa shape index (κ2) is 12.1. The number of rotatable bonds is 11. The number of methoxy groups -OCH3 is 2. The predicted molar refractivity (Wildman–Crippen MR) is 136 cm³/mol. The van der Waals surface area contributed by atoms with Gasteiger partial charge >= 0.3 is 0 Å². The lowest BCUT2D eigenvalue weighted by atomic mass is 10.1. The molecule has 1 N–H and O–H groups in total. The van der Waals surface area contributed by atoms with Crippen LogP contribution >= 0.6 is 11.6 Å². The molecule has 0 aliphatic heterocycles. The Balaban J connectivity index is 2.50. The summed E-state index contributed by atoms with van der Waals surface area (Å²) in [4.78, 5) is 27.7. The normalized spacial score (nSPS) is 12.1. The molecule has 9 nitrogen and oxygen atoms in total. The fourth-order valence-corrected chi connectivity index (χ4v) is 4.42. The minimum atomic E-state index is -3.93. The van der Waals surface area contributed by atoms with E-state index in [4.69, 9.17) is 21.1 Å². The van der Waals surface area contributed by atoms with Gasteiger partial charge in [-0.05, 0) is 44.5 Å². The highest BCUT2D eigenvalue weighted by molar-refractivity contribution is 7.92. The lowest BCUT2D eigenvalue weighted by Crippen LogP contribution is -2.52. The molecule has 0 aliphatic carbocycles. The molecule has 0 aliphatic rings. The molecule has 0 bridgehead atoms. The first-order valence-corrected chi connectivity index (χ1v) is 13.1. The summed E-state index contributed by atoms with van der Waals surface area (Å²) in [5.74, 6) is -0.330. The van der Waals surface area contributed by atoms with Crippen molar-refractivity contribution >= 4 is 39.1 Å². The van der Waals surface area contributed by atoms with E-state index in [-0.39, 0.29) is 29.9 Å². The lowest BCUT2D eigenvalue weighted by molar-refractivity contribution is -0.139. The van der Waals surface area contributed by atoms with Crippen molar-refractivity contribution in [3.8, 4) is 11.5 Å². The molecule has 2 rings (SSSR count). The Bertz CT molecular complexity index is 1160. The fraction of sp³-hybridized carbons (Fsp3) is 0.417. The van der Waals surface area contributed by atoms with Gasteiger partial charge in [-0.15, -0.1) is 0 Å². The van der Waals surface area contributed by atoms with Crippen molar-refractivity contribution in [2.45, 2.75) is 39.4 Å². The highest BCUT2D eigenvalue weighted by Gasteiger charge is 2.31. The molecule has 0 fully saturated rings. The van der Waals surface area contributed by atoms with Crippen LogP contribution < -0.4 is 19.1 Å². The number of halogens is 1. The van der Waals surface area contributed by atoms with Crippen molar-refractivity contribution in [1.82, 2.24) is 10.2 Å². The number of hydrogen-bond acceptors (Lipinski definition) is 6. The lowest BCUT2D eigenvalue weighted by Gasteiger charge is -2.32. The van der Waals surface area contributed by atoms with Gasteiger partial charge in [0.05, 0.1) is 26.2 Å². The molecule has 0 unspecified atom stereocenters. The van der Waals surface area contributed by atoms with Crippen LogP contribution in [0.5, 0.6) is 11.5 Å². The number of carbonyl (C=O) groups excluding carboxylic acids is 2. The monoisotopic (exact) mass is 525 g/mol. The largest absolute Gasteiger partial charge is 0.497 e. The van der Waals surface area contributed by atoms with Gasteiger partial charge in [0, 0.05) is 23.7 Å². The third-order valence-corrected chi connectivity index (χ3v) is 6.73. The van der Waals surface area contributed by atoms with Crippen LogP contribution in [0.1, 0.15) is 26.3 Å². The zero-order valence-corrected chi connectivity index (χ0v) is 22.3. The Morgan fingerprint density at radius 3 is 2.26 bits per heavy atom. The first-order chi connectivity index (χ1) is 16.4. The summed E-state index contributed by atoms with van der Waals surface area (Å²) in [5.41, 5.74) is 0.760. The van der Waals surface area contributed by atoms with Crippen LogP contribution in [0.15, 0.2) is 42.5 Å². The van der Waals surface area contributed by atoms with E-state index >= 15 is 0 Å². The quantitative estimate of drug-likeness (QED) is 0.483. The first kappa shape index (κ1) is 28.3. The summed E-state index contributed by atoms with van der Waals surface area (Å²) in [5, 5.41) is 3.22. The van der Waals surface area contributed by atoms with Gasteiger partial charge < -0.3 is 19.7 Å². The van der Waals surface area contributed by atoms with Crippen molar-refractivity contribution in [1.29, 1.82) is 0 Å². The minimum absolute atomic E-state index is 0.0119. The van der Waals surface area contributed by atoms with E-state index in [2.05, 4.69) is 5.32 Å². The zero-order valence-electron chi connectivity index (χ0n) is 20.7. The van der Waals surface area contributed by atoms with Crippen LogP contribution in [-0.4, -0.2) is 64.2 Å². The molecular formula is C24H32ClN3O6S. The second-order valence-corrected chi connectivity index (χ2v) is 10.6. The average molecular weight is 526 g/mol. The van der Waals surface area contributed by atoms with Crippen LogP contribution in [0.2, 0.25) is 5.02 Å². The molecule has 2 amide bonds. The van der Waals surface area contributed by atoms with Crippen molar-refractivity contribution in [3.05, 3.63) is 53.1 Å². The maximum absolute atomic E-state index is 13.6. The Morgan fingerprint density at radius 1 is 1.06 bits per heavy atom. The van der Waals surface area contributed by atoms with Gasteiger partial charge in [0.25, 0.3) is 0 Å². The third kappa shape index (κ3) is 7.50. The number of nitrogens with one attached hydrogen (secondary N) is 1. The van der Waals surface area contributed by atoms with Crippen LogP contribution in [0.25, 0.3) is 0 Å². The van der Waals surface area contributed by atoms with E-state index in [9.17, 15) is 18.0 Å². The number of carbonyl (C=O) groups is 2. The number of anilines is 1. The molecule has 11 heteroatoms. The summed E-state index contributed by atoms with van der Waals surface area (Å²) < 4.78 is 37.1. The maximum atomic E-state index is 13.6. The average Bonchev–Trinajstić information content (AvgIpc) is 2.79. The van der Waals surface area contributed by atoms with E-state index in [1.165, 1.54) is 25.2 Å². The van der Waals surface area contributed by atoms with E-state index in [0.717, 1.165) is 10.6 Å². The van der Waals surface area contributed by atoms with Gasteiger partial charge in [-0.1, -0.05) is 29.8 Å². The number of benzene rings is 2. The number of nitrogens with zero attached hydrogens (tertiary/aromatic N) is 2. The number of hydrogen-bond donors (Lipinski definition) is 1. The minimum Gasteiger partial charge on any atom is -0.497 e. The van der Waals surface area contributed by atoms with Crippen LogP contribution in [0.4, 0.5) is 5.69 Å². The summed E-state index contributed by atoms with van der Waals surface area (Å²) in [6.45, 7) is 4.66. The van der Waals surface area contributed by atoms with E-state index in [1.54, 1.807) is 43.3 Å². The predicted octanol–water partition coefficient (Wildman–Crippen LogP) is 3.07. The van der Waals surface area contributed by atoms with Crippen LogP contribution in [0.3, 0.4) is 0 Å². The Morgan fingerprint density at radius 2 is 1.71 bits per heavy atom. The molecular weight excluding hydrogens is 494 g/mol. The Labute approximate surface area is 212 Å². The summed E-state index contributed by atoms with van der Waals surface area (Å²) in [7, 11) is -1.08. The molecule has 35 heavy (non-hydrogen) atoms. The molecule has 0 spiro atoms. The van der Waals surface area contributed by atoms with Crippen molar-refractivity contribution in [2.75, 3.05) is 31.3 Å². The fourth-order valence-electron chi connectivity index (χ4n) is 3.38. The molecule has 0 aromatic heterocycles. The number of sulfonamides is 1. The molecule has 0 radical (unpaired) electrons. The van der Waals surface area contributed by atoms with Crippen LogP contribution in [-0.2, 0) is 26.2 Å². The van der Waals surface area contributed by atoms with Gasteiger partial charge in [0.15, 0.2) is 0 Å². The topological polar surface area (TPSA) is 105 Å². The Kier molecular flexibility index (Phi) is 9.79. The maximum Gasteiger partial charge on any atom is 0.244 e. The molecule has 0 saturated carbocycles. The molecule has 2 aromatic carbocycles. The van der Waals surface area contributed by atoms with Crippen molar-refractivity contribution < 1.29 is 27.5 Å². The molecule has 0 saturated heterocycles. The van der Waals surface area contributed by atoms with Gasteiger partial charge in [-0.2, -0.15) is 0 Å². The van der Waals surface area contributed by atoms with Gasteiger partial charge in [0.1, 0.15) is 24.1 Å². The second-order valence-electron chi connectivity index (χ2n) is 8.26. The van der Waals surface area contributed by atoms with Gasteiger partial charge in [0.2, 0.25) is 21.8 Å². The highest BCUT2D eigenvalue weighted by Crippen LogP contribution is 2.34. The van der Waals surface area contributed by atoms with Gasteiger partial charge in [-0.3, -0.25) is 13.9 Å². The molecule has 192 valence electrons. The summed E-state index contributed by atoms with van der Waals surface area (Å²) >= 11 is 6.31. The van der Waals surface area contributed by atoms with Crippen molar-refractivity contribution in [3.63, 3.8) is 0 Å². The number of ether oxygens (including phenoxy) is 2. The van der Waals surface area contributed by atoms with E-state index in [0.29, 0.717) is 16.3 Å². The Hall–Kier alpha value is -2.98. The molecule has 0 heterocycles. The van der Waals surface area contributed by atoms with Gasteiger partial charge in [-0.25, -0.2) is 8.42 Å². The first-order valence-electron chi connectivity index (χ1n) is 10.9. The summed E-state index contributed by atoms with van der Waals surface area (Å²) in [6.07, 6.45) is 0.993.